The maximum absolute atomic E-state index is 13.3. The fourth-order valence-electron chi connectivity index (χ4n) is 4.47. The van der Waals surface area contributed by atoms with Crippen molar-refractivity contribution in [2.45, 2.75) is 43.2 Å². The zero-order valence-corrected chi connectivity index (χ0v) is 20.4. The quantitative estimate of drug-likeness (QED) is 0.392. The normalized spacial score (nSPS) is 27.7. The van der Waals surface area contributed by atoms with E-state index in [1.165, 1.54) is 30.6 Å². The molecule has 0 spiro atoms. The molecule has 3 aromatic rings. The molecule has 0 saturated carbocycles. The van der Waals surface area contributed by atoms with Crippen LogP contribution >= 0.6 is 11.3 Å². The van der Waals surface area contributed by atoms with E-state index in [2.05, 4.69) is 0 Å². The Morgan fingerprint density at radius 3 is 2.37 bits per heavy atom. The topological polar surface area (TPSA) is 109 Å². The molecule has 1 aromatic heterocycles. The third-order valence-corrected chi connectivity index (χ3v) is 7.64. The first-order valence-electron chi connectivity index (χ1n) is 11.1. The summed E-state index contributed by atoms with van der Waals surface area (Å²) in [5.41, 5.74) is 2.98. The molecule has 6 atom stereocenters. The highest BCUT2D eigenvalue weighted by Gasteiger charge is 2.55. The third kappa shape index (κ3) is 4.66. The lowest BCUT2D eigenvalue weighted by Gasteiger charge is -2.47. The van der Waals surface area contributed by atoms with E-state index in [1.54, 1.807) is 31.4 Å². The number of thiophene rings is 1. The number of rotatable bonds is 7. The molecule has 1 aliphatic heterocycles. The van der Waals surface area contributed by atoms with E-state index in [0.717, 1.165) is 26.4 Å². The molecule has 1 saturated heterocycles. The molecular weight excluding hydrogens is 475 g/mol. The van der Waals surface area contributed by atoms with Gasteiger partial charge in [-0.1, -0.05) is 24.3 Å². The van der Waals surface area contributed by atoms with Gasteiger partial charge < -0.3 is 34.6 Å². The minimum atomic E-state index is -1.82. The van der Waals surface area contributed by atoms with Crippen LogP contribution in [0, 0.1) is 12.7 Å². The van der Waals surface area contributed by atoms with Gasteiger partial charge in [0.2, 0.25) is 5.79 Å². The number of hydrogen-bond donors (Lipinski definition) is 4. The molecule has 188 valence electrons. The summed E-state index contributed by atoms with van der Waals surface area (Å²) in [4.78, 5) is 1.87. The summed E-state index contributed by atoms with van der Waals surface area (Å²) in [6, 6.07) is 15.5. The monoisotopic (exact) mass is 504 g/mol. The van der Waals surface area contributed by atoms with Crippen molar-refractivity contribution >= 4 is 11.3 Å². The average Bonchev–Trinajstić information content (AvgIpc) is 3.35. The van der Waals surface area contributed by atoms with Crippen LogP contribution < -0.4 is 0 Å². The van der Waals surface area contributed by atoms with Crippen LogP contribution in [-0.2, 0) is 20.0 Å². The van der Waals surface area contributed by atoms with Crippen LogP contribution in [0.3, 0.4) is 0 Å². The first kappa shape index (κ1) is 25.9. The van der Waals surface area contributed by atoms with Gasteiger partial charge in [0, 0.05) is 29.5 Å². The predicted molar refractivity (Wildman–Crippen MR) is 128 cm³/mol. The lowest BCUT2D eigenvalue weighted by atomic mass is 9.86. The fourth-order valence-corrected chi connectivity index (χ4v) is 5.58. The Morgan fingerprint density at radius 1 is 1.03 bits per heavy atom. The standard InChI is InChI=1S/C26H29FO7S/c1-14-4-7-16(26(33-3)25(31)23(30)22(29)19(13-28)34-26)12-18(14)24(32-2)21-11-10-20(35-21)15-5-8-17(27)9-6-15/h4-12,19,22-25,28-31H,13H2,1-3H3/t19-,22-,23+,24?,25-,26+/m1/s1. The molecule has 7 nitrogen and oxygen atoms in total. The molecule has 0 bridgehead atoms. The molecule has 1 unspecified atom stereocenters. The van der Waals surface area contributed by atoms with E-state index in [0.29, 0.717) is 5.56 Å². The largest absolute Gasteiger partial charge is 0.394 e. The number of methoxy groups -OCH3 is 2. The second kappa shape index (κ2) is 10.4. The van der Waals surface area contributed by atoms with Crippen LogP contribution in [0.1, 0.15) is 27.7 Å². The number of aliphatic hydroxyl groups excluding tert-OH is 4. The van der Waals surface area contributed by atoms with Crippen LogP contribution in [-0.4, -0.2) is 65.7 Å². The van der Waals surface area contributed by atoms with Crippen molar-refractivity contribution in [1.29, 1.82) is 0 Å². The maximum Gasteiger partial charge on any atom is 0.224 e. The van der Waals surface area contributed by atoms with Gasteiger partial charge in [0.15, 0.2) is 0 Å². The summed E-state index contributed by atoms with van der Waals surface area (Å²) >= 11 is 1.51. The van der Waals surface area contributed by atoms with Crippen LogP contribution in [0.15, 0.2) is 54.6 Å². The second-order valence-corrected chi connectivity index (χ2v) is 9.65. The van der Waals surface area contributed by atoms with Crippen LogP contribution in [0.5, 0.6) is 0 Å². The van der Waals surface area contributed by atoms with Gasteiger partial charge in [-0.2, -0.15) is 0 Å². The van der Waals surface area contributed by atoms with Crippen molar-refractivity contribution in [2.24, 2.45) is 0 Å². The van der Waals surface area contributed by atoms with Crippen LogP contribution in [0.25, 0.3) is 10.4 Å². The lowest BCUT2D eigenvalue weighted by Crippen LogP contribution is -2.64. The van der Waals surface area contributed by atoms with Gasteiger partial charge in [0.05, 0.1) is 6.61 Å². The maximum atomic E-state index is 13.3. The molecule has 2 heterocycles. The third-order valence-electron chi connectivity index (χ3n) is 6.47. The smallest absolute Gasteiger partial charge is 0.224 e. The van der Waals surface area contributed by atoms with Gasteiger partial charge in [0.25, 0.3) is 0 Å². The first-order chi connectivity index (χ1) is 16.7. The highest BCUT2D eigenvalue weighted by molar-refractivity contribution is 7.15. The number of ether oxygens (including phenoxy) is 3. The Kier molecular flexibility index (Phi) is 7.70. The van der Waals surface area contributed by atoms with Crippen molar-refractivity contribution in [3.05, 3.63) is 82.0 Å². The highest BCUT2D eigenvalue weighted by Crippen LogP contribution is 2.42. The van der Waals surface area contributed by atoms with Gasteiger partial charge >= 0.3 is 0 Å². The SMILES string of the molecule is COC(c1ccc(-c2ccc(F)cc2)s1)c1cc([C@]2(OC)O[C@H](CO)[C@@H](O)[C@H](O)[C@H]2O)ccc1C. The average molecular weight is 505 g/mol. The van der Waals surface area contributed by atoms with Crippen molar-refractivity contribution in [3.63, 3.8) is 0 Å². The molecule has 2 aromatic carbocycles. The minimum Gasteiger partial charge on any atom is -0.394 e. The summed E-state index contributed by atoms with van der Waals surface area (Å²) in [6.07, 6.45) is -6.32. The molecule has 0 radical (unpaired) electrons. The Labute approximate surface area is 207 Å². The molecule has 1 fully saturated rings. The molecule has 1 aliphatic rings. The van der Waals surface area contributed by atoms with E-state index in [-0.39, 0.29) is 5.82 Å². The minimum absolute atomic E-state index is 0.298. The molecule has 35 heavy (non-hydrogen) atoms. The number of aryl methyl sites for hydroxylation is 1. The zero-order valence-electron chi connectivity index (χ0n) is 19.6. The van der Waals surface area contributed by atoms with Crippen molar-refractivity contribution in [2.75, 3.05) is 20.8 Å². The van der Waals surface area contributed by atoms with Crippen molar-refractivity contribution in [1.82, 2.24) is 0 Å². The van der Waals surface area contributed by atoms with E-state index >= 15 is 0 Å². The first-order valence-corrected chi connectivity index (χ1v) is 11.9. The molecular formula is C26H29FO7S. The summed E-state index contributed by atoms with van der Waals surface area (Å²) < 4.78 is 30.6. The lowest BCUT2D eigenvalue weighted by molar-refractivity contribution is -0.366. The number of benzene rings is 2. The summed E-state index contributed by atoms with van der Waals surface area (Å²) in [6.45, 7) is 1.35. The predicted octanol–water partition coefficient (Wildman–Crippen LogP) is 2.87. The Hall–Kier alpha value is -2.21. The van der Waals surface area contributed by atoms with Gasteiger partial charge in [0.1, 0.15) is 36.3 Å². The van der Waals surface area contributed by atoms with Gasteiger partial charge in [-0.05, 0) is 53.9 Å². The second-order valence-electron chi connectivity index (χ2n) is 8.53. The van der Waals surface area contributed by atoms with Gasteiger partial charge in [-0.3, -0.25) is 0 Å². The van der Waals surface area contributed by atoms with E-state index < -0.39 is 42.9 Å². The molecule has 0 amide bonds. The van der Waals surface area contributed by atoms with E-state index in [9.17, 15) is 24.8 Å². The fraction of sp³-hybridized carbons (Fsp3) is 0.385. The van der Waals surface area contributed by atoms with E-state index in [4.69, 9.17) is 14.2 Å². The molecule has 0 aliphatic carbocycles. The Bertz CT molecular complexity index is 1150. The summed E-state index contributed by atoms with van der Waals surface area (Å²) in [7, 11) is 2.91. The van der Waals surface area contributed by atoms with Gasteiger partial charge in [-0.25, -0.2) is 4.39 Å². The molecule has 4 rings (SSSR count). The van der Waals surface area contributed by atoms with Crippen molar-refractivity contribution < 1.29 is 39.0 Å². The van der Waals surface area contributed by atoms with Crippen LogP contribution in [0.2, 0.25) is 0 Å². The van der Waals surface area contributed by atoms with Gasteiger partial charge in [-0.15, -0.1) is 11.3 Å². The highest BCUT2D eigenvalue weighted by atomic mass is 32.1. The zero-order chi connectivity index (χ0) is 25.3. The van der Waals surface area contributed by atoms with Crippen LogP contribution in [0.4, 0.5) is 4.39 Å². The number of halogens is 1. The molecule has 9 heteroatoms. The van der Waals surface area contributed by atoms with Crippen molar-refractivity contribution in [3.8, 4) is 10.4 Å². The summed E-state index contributed by atoms with van der Waals surface area (Å²) in [5.74, 6) is -2.12. The number of hydrogen-bond acceptors (Lipinski definition) is 8. The Morgan fingerprint density at radius 2 is 1.74 bits per heavy atom. The van der Waals surface area contributed by atoms with E-state index in [1.807, 2.05) is 25.1 Å². The number of aliphatic hydroxyl groups is 4. The molecule has 4 N–H and O–H groups in total. The summed E-state index contributed by atoms with van der Waals surface area (Å²) in [5, 5.41) is 41.1. The Balaban J connectivity index is 1.73.